The number of rotatable bonds is 8. The van der Waals surface area contributed by atoms with Crippen molar-refractivity contribution in [3.05, 3.63) is 48.0 Å². The zero-order valence-corrected chi connectivity index (χ0v) is 17.3. The largest absolute Gasteiger partial charge is 0.504 e. The third-order valence-electron chi connectivity index (χ3n) is 4.04. The van der Waals surface area contributed by atoms with E-state index in [-0.39, 0.29) is 11.5 Å². The lowest BCUT2D eigenvalue weighted by molar-refractivity contribution is -0.121. The average molecular weight is 421 g/mol. The first-order valence-corrected chi connectivity index (χ1v) is 10.4. The van der Waals surface area contributed by atoms with Gasteiger partial charge in [-0.05, 0) is 43.3 Å². The van der Waals surface area contributed by atoms with Crippen molar-refractivity contribution < 1.29 is 27.8 Å². The van der Waals surface area contributed by atoms with E-state index in [2.05, 4.69) is 10.5 Å². The number of carbonyl (C=O) groups excluding carboxylic acids is 1. The number of hydrogen-bond acceptors (Lipinski definition) is 7. The van der Waals surface area contributed by atoms with Crippen LogP contribution in [0.2, 0.25) is 0 Å². The van der Waals surface area contributed by atoms with Gasteiger partial charge in [0.2, 0.25) is 10.0 Å². The summed E-state index contributed by atoms with van der Waals surface area (Å²) < 4.78 is 35.6. The van der Waals surface area contributed by atoms with Crippen molar-refractivity contribution in [3.8, 4) is 17.2 Å². The standard InChI is InChI=1S/C19H23N3O6S/c1-13(22(29(4,25)26)15-8-10-16(27-2)11-9-15)19(24)21-20-12-14-6-5-7-17(28-3)18(14)23/h5-13,23H,1-4H3,(H,21,24)/b20-12-/t13-/m1/s1. The monoisotopic (exact) mass is 421 g/mol. The summed E-state index contributed by atoms with van der Waals surface area (Å²) in [6.45, 7) is 1.44. The van der Waals surface area contributed by atoms with Gasteiger partial charge in [-0.15, -0.1) is 0 Å². The number of para-hydroxylation sites is 1. The molecule has 156 valence electrons. The predicted molar refractivity (Wildman–Crippen MR) is 110 cm³/mol. The molecule has 0 aliphatic carbocycles. The molecule has 0 aromatic heterocycles. The van der Waals surface area contributed by atoms with Crippen molar-refractivity contribution in [1.82, 2.24) is 5.43 Å². The lowest BCUT2D eigenvalue weighted by atomic mass is 10.2. The Morgan fingerprint density at radius 2 is 1.83 bits per heavy atom. The molecule has 0 radical (unpaired) electrons. The van der Waals surface area contributed by atoms with Crippen molar-refractivity contribution >= 4 is 27.8 Å². The van der Waals surface area contributed by atoms with E-state index >= 15 is 0 Å². The molecule has 0 aliphatic rings. The second-order valence-corrected chi connectivity index (χ2v) is 7.92. The minimum absolute atomic E-state index is 0.128. The Balaban J connectivity index is 2.19. The molecule has 0 spiro atoms. The molecule has 0 saturated heterocycles. The Bertz CT molecular complexity index is 990. The first-order valence-electron chi connectivity index (χ1n) is 8.51. The van der Waals surface area contributed by atoms with Crippen LogP contribution >= 0.6 is 0 Å². The molecule has 0 aliphatic heterocycles. The summed E-state index contributed by atoms with van der Waals surface area (Å²) in [6, 6.07) is 10.0. The molecule has 0 unspecified atom stereocenters. The van der Waals surface area contributed by atoms with E-state index in [1.54, 1.807) is 42.5 Å². The summed E-state index contributed by atoms with van der Waals surface area (Å²) in [5.41, 5.74) is 2.93. The van der Waals surface area contributed by atoms with Gasteiger partial charge in [0.05, 0.1) is 32.4 Å². The maximum atomic E-state index is 12.5. The number of anilines is 1. The van der Waals surface area contributed by atoms with Gasteiger partial charge in [0.25, 0.3) is 5.91 Å². The van der Waals surface area contributed by atoms with Crippen LogP contribution < -0.4 is 19.2 Å². The highest BCUT2D eigenvalue weighted by Crippen LogP contribution is 2.28. The lowest BCUT2D eigenvalue weighted by Gasteiger charge is -2.27. The fourth-order valence-corrected chi connectivity index (χ4v) is 3.78. The van der Waals surface area contributed by atoms with Crippen LogP contribution in [0.4, 0.5) is 5.69 Å². The SMILES string of the molecule is COc1ccc(N([C@H](C)C(=O)N/N=C\c2cccc(OC)c2O)S(C)(=O)=O)cc1. The molecule has 2 aromatic rings. The number of sulfonamides is 1. The van der Waals surface area contributed by atoms with Gasteiger partial charge in [-0.25, -0.2) is 13.8 Å². The first kappa shape index (κ1) is 22.0. The summed E-state index contributed by atoms with van der Waals surface area (Å²) in [5, 5.41) is 13.8. The van der Waals surface area contributed by atoms with Gasteiger partial charge >= 0.3 is 0 Å². The van der Waals surface area contributed by atoms with Crippen LogP contribution in [-0.4, -0.2) is 52.2 Å². The van der Waals surface area contributed by atoms with Crippen molar-refractivity contribution in [2.75, 3.05) is 24.8 Å². The molecule has 0 saturated carbocycles. The highest BCUT2D eigenvalue weighted by atomic mass is 32.2. The number of nitrogens with zero attached hydrogens (tertiary/aromatic N) is 2. The van der Waals surface area contributed by atoms with E-state index in [4.69, 9.17) is 9.47 Å². The Morgan fingerprint density at radius 1 is 1.17 bits per heavy atom. The van der Waals surface area contributed by atoms with E-state index in [9.17, 15) is 18.3 Å². The summed E-state index contributed by atoms with van der Waals surface area (Å²) >= 11 is 0. The maximum absolute atomic E-state index is 12.5. The van der Waals surface area contributed by atoms with Gasteiger partial charge in [-0.3, -0.25) is 9.10 Å². The van der Waals surface area contributed by atoms with Gasteiger partial charge < -0.3 is 14.6 Å². The number of benzene rings is 2. The fourth-order valence-electron chi connectivity index (χ4n) is 2.60. The van der Waals surface area contributed by atoms with Gasteiger partial charge in [-0.2, -0.15) is 5.10 Å². The Morgan fingerprint density at radius 3 is 2.38 bits per heavy atom. The second-order valence-electron chi connectivity index (χ2n) is 6.07. The fraction of sp³-hybridized carbons (Fsp3) is 0.263. The van der Waals surface area contributed by atoms with Crippen molar-refractivity contribution in [2.24, 2.45) is 5.10 Å². The first-order chi connectivity index (χ1) is 13.7. The molecule has 2 rings (SSSR count). The maximum Gasteiger partial charge on any atom is 0.263 e. The number of phenolic OH excluding ortho intramolecular Hbond substituents is 1. The summed E-state index contributed by atoms with van der Waals surface area (Å²) in [4.78, 5) is 12.5. The topological polar surface area (TPSA) is 118 Å². The minimum atomic E-state index is -3.75. The quantitative estimate of drug-likeness (QED) is 0.495. The summed E-state index contributed by atoms with van der Waals surface area (Å²) in [5.74, 6) is 0.0420. The van der Waals surface area contributed by atoms with Crippen LogP contribution in [0, 0.1) is 0 Å². The number of methoxy groups -OCH3 is 2. The minimum Gasteiger partial charge on any atom is -0.504 e. The molecule has 2 N–H and O–H groups in total. The highest BCUT2D eigenvalue weighted by molar-refractivity contribution is 7.92. The molecule has 9 nitrogen and oxygen atoms in total. The highest BCUT2D eigenvalue weighted by Gasteiger charge is 2.29. The van der Waals surface area contributed by atoms with Gasteiger partial charge in [-0.1, -0.05) is 6.07 Å². The van der Waals surface area contributed by atoms with Crippen LogP contribution in [0.3, 0.4) is 0 Å². The van der Waals surface area contributed by atoms with E-state index in [0.717, 1.165) is 10.6 Å². The smallest absolute Gasteiger partial charge is 0.263 e. The molecule has 29 heavy (non-hydrogen) atoms. The van der Waals surface area contributed by atoms with Crippen LogP contribution in [0.1, 0.15) is 12.5 Å². The van der Waals surface area contributed by atoms with E-state index < -0.39 is 22.0 Å². The number of phenols is 1. The third kappa shape index (κ3) is 5.38. The van der Waals surface area contributed by atoms with Gasteiger partial charge in [0.1, 0.15) is 11.8 Å². The molecular weight excluding hydrogens is 398 g/mol. The van der Waals surface area contributed by atoms with E-state index in [0.29, 0.717) is 17.0 Å². The van der Waals surface area contributed by atoms with Crippen molar-refractivity contribution in [1.29, 1.82) is 0 Å². The molecule has 1 amide bonds. The lowest BCUT2D eigenvalue weighted by Crippen LogP contribution is -2.46. The number of ether oxygens (including phenoxy) is 2. The summed E-state index contributed by atoms with van der Waals surface area (Å²) in [7, 11) is -0.839. The predicted octanol–water partition coefficient (Wildman–Crippen LogP) is 1.71. The molecule has 0 fully saturated rings. The Hall–Kier alpha value is -3.27. The van der Waals surface area contributed by atoms with Crippen LogP contribution in [0.5, 0.6) is 17.2 Å². The Kier molecular flexibility index (Phi) is 7.05. The van der Waals surface area contributed by atoms with Crippen LogP contribution in [0.25, 0.3) is 0 Å². The van der Waals surface area contributed by atoms with E-state index in [1.807, 2.05) is 0 Å². The third-order valence-corrected chi connectivity index (χ3v) is 5.29. The zero-order valence-electron chi connectivity index (χ0n) is 16.5. The molecule has 10 heteroatoms. The molecule has 1 atom stereocenters. The number of amides is 1. The average Bonchev–Trinajstić information content (AvgIpc) is 2.68. The number of aromatic hydroxyl groups is 1. The Labute approximate surface area is 169 Å². The number of hydrogen-bond donors (Lipinski definition) is 2. The van der Waals surface area contributed by atoms with E-state index in [1.165, 1.54) is 27.4 Å². The molecule has 0 heterocycles. The molecular formula is C19H23N3O6S. The zero-order chi connectivity index (χ0) is 21.6. The second kappa shape index (κ2) is 9.28. The van der Waals surface area contributed by atoms with Gasteiger partial charge in [0.15, 0.2) is 11.5 Å². The van der Waals surface area contributed by atoms with Crippen molar-refractivity contribution in [2.45, 2.75) is 13.0 Å². The number of nitrogens with one attached hydrogen (secondary N) is 1. The van der Waals surface area contributed by atoms with Crippen LogP contribution in [0.15, 0.2) is 47.6 Å². The molecule has 0 bridgehead atoms. The summed E-state index contributed by atoms with van der Waals surface area (Å²) in [6.07, 6.45) is 2.25. The normalized spacial score (nSPS) is 12.4. The number of hydrazone groups is 1. The van der Waals surface area contributed by atoms with Gasteiger partial charge in [0, 0.05) is 5.56 Å². The van der Waals surface area contributed by atoms with Crippen molar-refractivity contribution in [3.63, 3.8) is 0 Å². The number of carbonyl (C=O) groups is 1. The molecule has 2 aromatic carbocycles. The van der Waals surface area contributed by atoms with Crippen LogP contribution in [-0.2, 0) is 14.8 Å².